The molecule has 6 heteroatoms. The lowest BCUT2D eigenvalue weighted by Gasteiger charge is -2.13. The smallest absolute Gasteiger partial charge is 0.242 e. The summed E-state index contributed by atoms with van der Waals surface area (Å²) >= 11 is 3.23. The Bertz CT molecular complexity index is 474. The van der Waals surface area contributed by atoms with Crippen LogP contribution in [-0.4, -0.2) is 14.5 Å². The quantitative estimate of drug-likeness (QED) is 0.837. The Morgan fingerprint density at radius 1 is 1.50 bits per heavy atom. The van der Waals surface area contributed by atoms with Crippen molar-refractivity contribution < 1.29 is 8.42 Å². The Morgan fingerprint density at radius 3 is 2.62 bits per heavy atom. The summed E-state index contributed by atoms with van der Waals surface area (Å²) in [6, 6.07) is 4.62. The van der Waals surface area contributed by atoms with Crippen LogP contribution in [0.5, 0.6) is 0 Å². The van der Waals surface area contributed by atoms with E-state index >= 15 is 0 Å². The van der Waals surface area contributed by atoms with Crippen molar-refractivity contribution in [1.82, 2.24) is 4.72 Å². The van der Waals surface area contributed by atoms with Crippen molar-refractivity contribution in [3.05, 3.63) is 22.7 Å². The number of halogens is 1. The Morgan fingerprint density at radius 2 is 2.12 bits per heavy atom. The first-order chi connectivity index (χ1) is 7.36. The van der Waals surface area contributed by atoms with Gasteiger partial charge in [-0.3, -0.25) is 0 Å². The second-order valence-electron chi connectivity index (χ2n) is 3.61. The van der Waals surface area contributed by atoms with Gasteiger partial charge in [0.05, 0.1) is 5.69 Å². The summed E-state index contributed by atoms with van der Waals surface area (Å²) in [5, 5.41) is 0. The van der Waals surface area contributed by atoms with Gasteiger partial charge in [-0.2, -0.15) is 0 Å². The van der Waals surface area contributed by atoms with Gasteiger partial charge in [-0.05, 0) is 31.5 Å². The van der Waals surface area contributed by atoms with E-state index in [2.05, 4.69) is 20.7 Å². The summed E-state index contributed by atoms with van der Waals surface area (Å²) in [6.45, 7) is 3.73. The Hall–Kier alpha value is -0.590. The number of hydrogen-bond donors (Lipinski definition) is 2. The zero-order valence-corrected chi connectivity index (χ0v) is 11.6. The lowest BCUT2D eigenvalue weighted by Crippen LogP contribution is -2.32. The lowest BCUT2D eigenvalue weighted by molar-refractivity contribution is 0.556. The molecule has 0 spiro atoms. The standard InChI is InChI=1S/C10H15BrN2O2S/c1-3-7(2)13-16(14,15)10-5-4-8(11)6-9(10)12/h4-7,13H,3,12H2,1-2H3. The van der Waals surface area contributed by atoms with Gasteiger partial charge in [0.1, 0.15) is 4.90 Å². The van der Waals surface area contributed by atoms with E-state index in [4.69, 9.17) is 5.73 Å². The first-order valence-corrected chi connectivity index (χ1v) is 7.21. The zero-order chi connectivity index (χ0) is 12.3. The van der Waals surface area contributed by atoms with E-state index in [1.165, 1.54) is 6.07 Å². The van der Waals surface area contributed by atoms with Crippen molar-refractivity contribution in [2.75, 3.05) is 5.73 Å². The molecule has 0 aliphatic carbocycles. The number of anilines is 1. The number of nitrogen functional groups attached to an aromatic ring is 1. The third kappa shape index (κ3) is 3.20. The molecule has 16 heavy (non-hydrogen) atoms. The van der Waals surface area contributed by atoms with Crippen LogP contribution in [0.25, 0.3) is 0 Å². The molecule has 0 saturated heterocycles. The fraction of sp³-hybridized carbons (Fsp3) is 0.400. The van der Waals surface area contributed by atoms with Crippen LogP contribution in [0.2, 0.25) is 0 Å². The van der Waals surface area contributed by atoms with E-state index in [1.807, 2.05) is 13.8 Å². The molecule has 0 aromatic heterocycles. The topological polar surface area (TPSA) is 72.2 Å². The molecule has 1 aromatic carbocycles. The fourth-order valence-corrected chi connectivity index (χ4v) is 2.99. The van der Waals surface area contributed by atoms with Gasteiger partial charge in [-0.15, -0.1) is 0 Å². The Labute approximate surface area is 104 Å². The number of nitrogens with one attached hydrogen (secondary N) is 1. The third-order valence-corrected chi connectivity index (χ3v) is 4.39. The average Bonchev–Trinajstić information content (AvgIpc) is 2.16. The summed E-state index contributed by atoms with van der Waals surface area (Å²) < 4.78 is 27.2. The van der Waals surface area contributed by atoms with Crippen molar-refractivity contribution in [3.8, 4) is 0 Å². The molecule has 3 N–H and O–H groups in total. The molecular weight excluding hydrogens is 292 g/mol. The summed E-state index contributed by atoms with van der Waals surface area (Å²) in [4.78, 5) is 0.121. The minimum absolute atomic E-state index is 0.104. The van der Waals surface area contributed by atoms with Gasteiger partial charge in [0.2, 0.25) is 10.0 Å². The monoisotopic (exact) mass is 306 g/mol. The van der Waals surface area contributed by atoms with E-state index in [0.717, 1.165) is 10.9 Å². The highest BCUT2D eigenvalue weighted by Gasteiger charge is 2.19. The number of nitrogens with two attached hydrogens (primary N) is 1. The molecule has 1 atom stereocenters. The highest BCUT2D eigenvalue weighted by atomic mass is 79.9. The fourth-order valence-electron chi connectivity index (χ4n) is 1.18. The Kier molecular flexibility index (Phi) is 4.35. The summed E-state index contributed by atoms with van der Waals surface area (Å²) in [5.41, 5.74) is 5.92. The van der Waals surface area contributed by atoms with Gasteiger partial charge >= 0.3 is 0 Å². The summed E-state index contributed by atoms with van der Waals surface area (Å²) in [5.74, 6) is 0. The van der Waals surface area contributed by atoms with Gasteiger partial charge in [-0.25, -0.2) is 13.1 Å². The molecular formula is C10H15BrN2O2S. The minimum Gasteiger partial charge on any atom is -0.398 e. The van der Waals surface area contributed by atoms with E-state index in [-0.39, 0.29) is 16.6 Å². The van der Waals surface area contributed by atoms with Crippen LogP contribution in [0, 0.1) is 0 Å². The predicted octanol–water partition coefficient (Wildman–Crippen LogP) is 2.11. The molecule has 4 nitrogen and oxygen atoms in total. The first kappa shape index (κ1) is 13.5. The molecule has 0 aliphatic heterocycles. The summed E-state index contributed by atoms with van der Waals surface area (Å²) in [7, 11) is -3.51. The maximum Gasteiger partial charge on any atom is 0.242 e. The molecule has 0 saturated carbocycles. The number of sulfonamides is 1. The van der Waals surface area contributed by atoms with E-state index in [1.54, 1.807) is 12.1 Å². The third-order valence-electron chi connectivity index (χ3n) is 2.23. The van der Waals surface area contributed by atoms with Crippen LogP contribution in [0.1, 0.15) is 20.3 Å². The van der Waals surface area contributed by atoms with Crippen LogP contribution in [0.4, 0.5) is 5.69 Å². The van der Waals surface area contributed by atoms with Crippen molar-refractivity contribution in [2.24, 2.45) is 0 Å². The molecule has 1 aromatic rings. The van der Waals surface area contributed by atoms with Crippen molar-refractivity contribution in [2.45, 2.75) is 31.2 Å². The molecule has 0 bridgehead atoms. The highest BCUT2D eigenvalue weighted by molar-refractivity contribution is 9.10. The molecule has 0 aliphatic rings. The van der Waals surface area contributed by atoms with Gasteiger partial charge in [-0.1, -0.05) is 22.9 Å². The molecule has 0 heterocycles. The van der Waals surface area contributed by atoms with Crippen LogP contribution in [0.15, 0.2) is 27.6 Å². The molecule has 1 rings (SSSR count). The van der Waals surface area contributed by atoms with Gasteiger partial charge < -0.3 is 5.73 Å². The van der Waals surface area contributed by atoms with Crippen LogP contribution in [-0.2, 0) is 10.0 Å². The number of benzene rings is 1. The van der Waals surface area contributed by atoms with Gasteiger partial charge in [0.25, 0.3) is 0 Å². The van der Waals surface area contributed by atoms with Gasteiger partial charge in [0.15, 0.2) is 0 Å². The van der Waals surface area contributed by atoms with Crippen LogP contribution < -0.4 is 10.5 Å². The SMILES string of the molecule is CCC(C)NS(=O)(=O)c1ccc(Br)cc1N. The summed E-state index contributed by atoms with van der Waals surface area (Å²) in [6.07, 6.45) is 0.732. The van der Waals surface area contributed by atoms with Crippen LogP contribution in [0.3, 0.4) is 0 Å². The van der Waals surface area contributed by atoms with Gasteiger partial charge in [0, 0.05) is 10.5 Å². The molecule has 0 fully saturated rings. The first-order valence-electron chi connectivity index (χ1n) is 4.94. The predicted molar refractivity (Wildman–Crippen MR) is 68.6 cm³/mol. The minimum atomic E-state index is -3.51. The lowest BCUT2D eigenvalue weighted by atomic mass is 10.3. The normalized spacial score (nSPS) is 13.7. The second-order valence-corrected chi connectivity index (χ2v) is 6.21. The Balaban J connectivity index is 3.08. The van der Waals surface area contributed by atoms with Crippen molar-refractivity contribution in [1.29, 1.82) is 0 Å². The van der Waals surface area contributed by atoms with E-state index < -0.39 is 10.0 Å². The molecule has 0 amide bonds. The highest BCUT2D eigenvalue weighted by Crippen LogP contribution is 2.22. The molecule has 90 valence electrons. The van der Waals surface area contributed by atoms with E-state index in [0.29, 0.717) is 0 Å². The number of rotatable bonds is 4. The maximum atomic E-state index is 11.9. The van der Waals surface area contributed by atoms with Crippen LogP contribution >= 0.6 is 15.9 Å². The number of hydrogen-bond acceptors (Lipinski definition) is 3. The van der Waals surface area contributed by atoms with E-state index in [9.17, 15) is 8.42 Å². The average molecular weight is 307 g/mol. The van der Waals surface area contributed by atoms with Crippen molar-refractivity contribution >= 4 is 31.6 Å². The second kappa shape index (κ2) is 5.16. The maximum absolute atomic E-state index is 11.9. The zero-order valence-electron chi connectivity index (χ0n) is 9.20. The molecule has 0 radical (unpaired) electrons. The van der Waals surface area contributed by atoms with Crippen molar-refractivity contribution in [3.63, 3.8) is 0 Å². The molecule has 1 unspecified atom stereocenters. The largest absolute Gasteiger partial charge is 0.398 e.